The number of hydrogen-bond donors (Lipinski definition) is 0. The second kappa shape index (κ2) is 14.4. The predicted molar refractivity (Wildman–Crippen MR) is 234 cm³/mol. The van der Waals surface area contributed by atoms with Crippen LogP contribution in [0.2, 0.25) is 0 Å². The van der Waals surface area contributed by atoms with Gasteiger partial charge in [0.05, 0.1) is 0 Å². The summed E-state index contributed by atoms with van der Waals surface area (Å²) in [6.07, 6.45) is 0. The van der Waals surface area contributed by atoms with Crippen LogP contribution in [0.25, 0.3) is 66.8 Å². The van der Waals surface area contributed by atoms with E-state index in [0.29, 0.717) is 0 Å². The van der Waals surface area contributed by atoms with Crippen LogP contribution in [0, 0.1) is 0 Å². The van der Waals surface area contributed by atoms with Gasteiger partial charge >= 0.3 is 0 Å². The van der Waals surface area contributed by atoms with Gasteiger partial charge in [-0.2, -0.15) is 0 Å². The predicted octanol–water partition coefficient (Wildman–Crippen LogP) is 15.3. The van der Waals surface area contributed by atoms with E-state index in [0.717, 1.165) is 61.9 Å². The number of benzene rings is 9. The van der Waals surface area contributed by atoms with E-state index in [1.54, 1.807) is 0 Å². The lowest BCUT2D eigenvalue weighted by Gasteiger charge is -2.26. The summed E-state index contributed by atoms with van der Waals surface area (Å²) >= 11 is 0. The largest absolute Gasteiger partial charge is 0.456 e. The van der Waals surface area contributed by atoms with Gasteiger partial charge in [0, 0.05) is 28.2 Å². The van der Waals surface area contributed by atoms with Gasteiger partial charge in [0.1, 0.15) is 11.5 Å². The average Bonchev–Trinajstić information content (AvgIpc) is 3.42. The molecule has 0 N–H and O–H groups in total. The summed E-state index contributed by atoms with van der Waals surface area (Å²) in [7, 11) is 0. The van der Waals surface area contributed by atoms with E-state index in [-0.39, 0.29) is 0 Å². The van der Waals surface area contributed by atoms with Crippen molar-refractivity contribution in [3.63, 3.8) is 0 Å². The summed E-state index contributed by atoms with van der Waals surface area (Å²) in [5.41, 5.74) is 17.2. The highest BCUT2D eigenvalue weighted by atomic mass is 16.5. The molecule has 0 aromatic heterocycles. The molecule has 0 spiro atoms. The fourth-order valence-electron chi connectivity index (χ4n) is 7.93. The number of ether oxygens (including phenoxy) is 1. The number of rotatable bonds is 7. The summed E-state index contributed by atoms with van der Waals surface area (Å²) in [6, 6.07) is 79.9. The molecular weight excluding hydrogens is 679 g/mol. The third-order valence-electron chi connectivity index (χ3n) is 10.7. The van der Waals surface area contributed by atoms with Gasteiger partial charge in [-0.3, -0.25) is 0 Å². The minimum absolute atomic E-state index is 0.851. The fourth-order valence-corrected chi connectivity index (χ4v) is 7.93. The number of anilines is 3. The van der Waals surface area contributed by atoms with E-state index in [1.165, 1.54) is 33.4 Å². The highest BCUT2D eigenvalue weighted by molar-refractivity contribution is 5.99. The monoisotopic (exact) mass is 715 g/mol. The number of hydrogen-bond acceptors (Lipinski definition) is 2. The van der Waals surface area contributed by atoms with Gasteiger partial charge in [-0.1, -0.05) is 170 Å². The second-order valence-electron chi connectivity index (χ2n) is 14.1. The maximum Gasteiger partial charge on any atom is 0.135 e. The van der Waals surface area contributed by atoms with Crippen molar-refractivity contribution in [2.75, 3.05) is 4.90 Å². The van der Waals surface area contributed by atoms with Gasteiger partial charge in [-0.05, 0) is 110 Å². The van der Waals surface area contributed by atoms with E-state index in [4.69, 9.17) is 4.74 Å². The molecule has 0 fully saturated rings. The number of fused-ring (bicyclic) bond motifs is 5. The Hall–Kier alpha value is -7.42. The molecule has 9 aromatic carbocycles. The second-order valence-corrected chi connectivity index (χ2v) is 14.1. The standard InChI is InChI=1S/C54H37NO/c1-4-13-38(14-5-1)41-23-30-45(31-24-41)55(46-32-25-42(26-33-46)39-15-6-2-7-16-39)47-34-27-43(28-35-47)48-20-12-22-53-54(48)50-36-29-44(40-17-8-3-9-18-40)37-51(50)49-19-10-11-21-52(49)56-53/h1-37H. The third kappa shape index (κ3) is 6.24. The van der Waals surface area contributed by atoms with Crippen molar-refractivity contribution in [1.82, 2.24) is 0 Å². The molecule has 2 nitrogen and oxygen atoms in total. The Balaban J connectivity index is 1.06. The molecule has 264 valence electrons. The molecule has 9 aromatic rings. The normalized spacial score (nSPS) is 11.4. The Bertz CT molecular complexity index is 2690. The molecule has 0 saturated carbocycles. The van der Waals surface area contributed by atoms with Crippen LogP contribution in [-0.4, -0.2) is 0 Å². The molecule has 0 saturated heterocycles. The Morgan fingerprint density at radius 1 is 0.250 bits per heavy atom. The Morgan fingerprint density at radius 2 is 0.661 bits per heavy atom. The maximum atomic E-state index is 6.75. The molecule has 10 rings (SSSR count). The fraction of sp³-hybridized carbons (Fsp3) is 0. The van der Waals surface area contributed by atoms with Gasteiger partial charge in [-0.15, -0.1) is 0 Å². The molecule has 0 radical (unpaired) electrons. The lowest BCUT2D eigenvalue weighted by Crippen LogP contribution is -2.09. The van der Waals surface area contributed by atoms with Crippen molar-refractivity contribution in [2.24, 2.45) is 0 Å². The van der Waals surface area contributed by atoms with E-state index in [1.807, 2.05) is 6.07 Å². The zero-order valence-electron chi connectivity index (χ0n) is 30.7. The molecule has 0 aliphatic carbocycles. The van der Waals surface area contributed by atoms with Crippen molar-refractivity contribution in [3.8, 4) is 78.3 Å². The summed E-state index contributed by atoms with van der Waals surface area (Å²) < 4.78 is 6.75. The van der Waals surface area contributed by atoms with Crippen LogP contribution in [0.4, 0.5) is 17.1 Å². The summed E-state index contributed by atoms with van der Waals surface area (Å²) in [5.74, 6) is 1.71. The van der Waals surface area contributed by atoms with E-state index in [9.17, 15) is 0 Å². The van der Waals surface area contributed by atoms with Crippen LogP contribution >= 0.6 is 0 Å². The minimum atomic E-state index is 0.851. The maximum absolute atomic E-state index is 6.75. The Kier molecular flexibility index (Phi) is 8.55. The van der Waals surface area contributed by atoms with Crippen molar-refractivity contribution in [1.29, 1.82) is 0 Å². The number of para-hydroxylation sites is 1. The lowest BCUT2D eigenvalue weighted by atomic mass is 9.87. The van der Waals surface area contributed by atoms with Crippen LogP contribution in [0.3, 0.4) is 0 Å². The van der Waals surface area contributed by atoms with E-state index < -0.39 is 0 Å². The van der Waals surface area contributed by atoms with Crippen LogP contribution < -0.4 is 9.64 Å². The highest BCUT2D eigenvalue weighted by Gasteiger charge is 2.24. The lowest BCUT2D eigenvalue weighted by molar-refractivity contribution is 0.488. The smallest absolute Gasteiger partial charge is 0.135 e. The first-order chi connectivity index (χ1) is 27.8. The van der Waals surface area contributed by atoms with Crippen LogP contribution in [0.5, 0.6) is 11.5 Å². The van der Waals surface area contributed by atoms with Gasteiger partial charge in [0.15, 0.2) is 0 Å². The molecule has 1 heterocycles. The van der Waals surface area contributed by atoms with Gasteiger partial charge in [0.25, 0.3) is 0 Å². The van der Waals surface area contributed by atoms with Gasteiger partial charge in [0.2, 0.25) is 0 Å². The first kappa shape index (κ1) is 33.2. The van der Waals surface area contributed by atoms with Crippen LogP contribution in [0.15, 0.2) is 224 Å². The SMILES string of the molecule is c1ccc(-c2ccc(N(c3ccc(-c4ccccc4)cc3)c3ccc(-c4cccc5c4-c4ccc(-c6ccccc6)cc4-c4ccccc4O5)cc3)cc2)cc1. The van der Waals surface area contributed by atoms with Crippen molar-refractivity contribution in [3.05, 3.63) is 224 Å². The summed E-state index contributed by atoms with van der Waals surface area (Å²) in [4.78, 5) is 2.33. The van der Waals surface area contributed by atoms with Crippen molar-refractivity contribution in [2.45, 2.75) is 0 Å². The topological polar surface area (TPSA) is 12.5 Å². The Morgan fingerprint density at radius 3 is 1.21 bits per heavy atom. The molecular formula is C54H37NO. The first-order valence-electron chi connectivity index (χ1n) is 19.1. The quantitative estimate of drug-likeness (QED) is 0.163. The van der Waals surface area contributed by atoms with Crippen LogP contribution in [-0.2, 0) is 0 Å². The van der Waals surface area contributed by atoms with E-state index >= 15 is 0 Å². The van der Waals surface area contributed by atoms with Gasteiger partial charge in [-0.25, -0.2) is 0 Å². The molecule has 1 aliphatic rings. The van der Waals surface area contributed by atoms with E-state index in [2.05, 4.69) is 223 Å². The zero-order chi connectivity index (χ0) is 37.3. The molecule has 0 atom stereocenters. The molecule has 56 heavy (non-hydrogen) atoms. The number of nitrogens with zero attached hydrogens (tertiary/aromatic N) is 1. The third-order valence-corrected chi connectivity index (χ3v) is 10.7. The highest BCUT2D eigenvalue weighted by Crippen LogP contribution is 2.51. The average molecular weight is 716 g/mol. The molecule has 2 heteroatoms. The van der Waals surface area contributed by atoms with Crippen molar-refractivity contribution < 1.29 is 4.74 Å². The molecule has 0 amide bonds. The molecule has 0 bridgehead atoms. The zero-order valence-corrected chi connectivity index (χ0v) is 30.7. The Labute approximate surface area is 328 Å². The first-order valence-corrected chi connectivity index (χ1v) is 19.1. The summed E-state index contributed by atoms with van der Waals surface area (Å²) in [6.45, 7) is 0. The van der Waals surface area contributed by atoms with Gasteiger partial charge < -0.3 is 9.64 Å². The molecule has 1 aliphatic heterocycles. The summed E-state index contributed by atoms with van der Waals surface area (Å²) in [5, 5.41) is 0. The van der Waals surface area contributed by atoms with Crippen molar-refractivity contribution >= 4 is 17.1 Å². The minimum Gasteiger partial charge on any atom is -0.456 e. The molecule has 0 unspecified atom stereocenters. The van der Waals surface area contributed by atoms with Crippen LogP contribution in [0.1, 0.15) is 0 Å².